The van der Waals surface area contributed by atoms with Gasteiger partial charge in [0.25, 0.3) is 0 Å². The molecule has 0 aliphatic heterocycles. The average molecular weight is 292 g/mol. The summed E-state index contributed by atoms with van der Waals surface area (Å²) in [5.41, 5.74) is 4.79. The number of carbonyl (C=O) groups is 1. The molecule has 1 aromatic heterocycles. The lowest BCUT2D eigenvalue weighted by atomic mass is 10.0. The van der Waals surface area contributed by atoms with Crippen LogP contribution in [0.15, 0.2) is 54.7 Å². The van der Waals surface area contributed by atoms with E-state index in [-0.39, 0.29) is 11.9 Å². The molecule has 0 bridgehead atoms. The van der Waals surface area contributed by atoms with E-state index in [0.717, 1.165) is 11.9 Å². The molecule has 2 aromatic carbocycles. The van der Waals surface area contributed by atoms with Gasteiger partial charge >= 0.3 is 0 Å². The van der Waals surface area contributed by atoms with Crippen molar-refractivity contribution in [2.45, 2.75) is 26.3 Å². The van der Waals surface area contributed by atoms with Crippen LogP contribution in [0.4, 0.5) is 0 Å². The first-order valence-electron chi connectivity index (χ1n) is 7.55. The molecule has 22 heavy (non-hydrogen) atoms. The van der Waals surface area contributed by atoms with Crippen LogP contribution in [-0.4, -0.2) is 16.9 Å². The summed E-state index contributed by atoms with van der Waals surface area (Å²) in [6.45, 7) is 3.57. The van der Waals surface area contributed by atoms with Crippen LogP contribution in [0.25, 0.3) is 22.0 Å². The molecule has 0 saturated heterocycles. The summed E-state index contributed by atoms with van der Waals surface area (Å²) in [6.07, 6.45) is 2.80. The highest BCUT2D eigenvalue weighted by Gasteiger charge is 2.05. The number of hydrogen-bond donors (Lipinski definition) is 2. The third-order valence-electron chi connectivity index (χ3n) is 3.83. The van der Waals surface area contributed by atoms with Crippen LogP contribution >= 0.6 is 0 Å². The minimum absolute atomic E-state index is 0.0170. The minimum atomic E-state index is 0.0170. The number of H-pyrrole nitrogens is 1. The Balaban J connectivity index is 1.77. The second kappa shape index (κ2) is 6.06. The first-order chi connectivity index (χ1) is 10.6. The van der Waals surface area contributed by atoms with Crippen LogP contribution < -0.4 is 5.32 Å². The van der Waals surface area contributed by atoms with Crippen molar-refractivity contribution in [2.24, 2.45) is 0 Å². The smallest absolute Gasteiger partial charge is 0.217 e. The van der Waals surface area contributed by atoms with Crippen LogP contribution in [0.2, 0.25) is 0 Å². The lowest BCUT2D eigenvalue weighted by molar-refractivity contribution is -0.119. The van der Waals surface area contributed by atoms with Gasteiger partial charge in [-0.05, 0) is 47.6 Å². The van der Waals surface area contributed by atoms with Crippen molar-refractivity contribution in [3.63, 3.8) is 0 Å². The maximum atomic E-state index is 11.1. The molecule has 0 aliphatic rings. The van der Waals surface area contributed by atoms with Crippen molar-refractivity contribution in [1.29, 1.82) is 0 Å². The van der Waals surface area contributed by atoms with Crippen LogP contribution in [0.5, 0.6) is 0 Å². The van der Waals surface area contributed by atoms with Crippen molar-refractivity contribution in [2.75, 3.05) is 0 Å². The number of amides is 1. The Morgan fingerprint density at radius 1 is 1.09 bits per heavy atom. The van der Waals surface area contributed by atoms with Gasteiger partial charge in [0.05, 0.1) is 0 Å². The van der Waals surface area contributed by atoms with Crippen LogP contribution in [-0.2, 0) is 11.2 Å². The Labute approximate surface area is 130 Å². The zero-order valence-corrected chi connectivity index (χ0v) is 12.9. The summed E-state index contributed by atoms with van der Waals surface area (Å²) < 4.78 is 0. The molecule has 3 rings (SSSR count). The third-order valence-corrected chi connectivity index (χ3v) is 3.83. The Morgan fingerprint density at radius 2 is 1.82 bits per heavy atom. The number of rotatable bonds is 4. The van der Waals surface area contributed by atoms with E-state index in [1.165, 1.54) is 22.1 Å². The zero-order chi connectivity index (χ0) is 15.5. The van der Waals surface area contributed by atoms with Crippen LogP contribution in [0, 0.1) is 0 Å². The van der Waals surface area contributed by atoms with Gasteiger partial charge in [0.15, 0.2) is 0 Å². The molecule has 3 nitrogen and oxygen atoms in total. The average Bonchev–Trinajstić information content (AvgIpc) is 2.94. The summed E-state index contributed by atoms with van der Waals surface area (Å²) in [6, 6.07) is 17.2. The molecule has 0 saturated carbocycles. The van der Waals surface area contributed by atoms with E-state index in [9.17, 15) is 4.79 Å². The molecule has 1 heterocycles. The quantitative estimate of drug-likeness (QED) is 0.752. The lowest BCUT2D eigenvalue weighted by Crippen LogP contribution is -2.31. The normalized spacial score (nSPS) is 12.3. The molecule has 3 aromatic rings. The van der Waals surface area contributed by atoms with Gasteiger partial charge < -0.3 is 10.3 Å². The van der Waals surface area contributed by atoms with Crippen molar-refractivity contribution in [1.82, 2.24) is 10.3 Å². The van der Waals surface area contributed by atoms with E-state index in [1.54, 1.807) is 6.92 Å². The van der Waals surface area contributed by atoms with Gasteiger partial charge in [-0.15, -0.1) is 0 Å². The summed E-state index contributed by atoms with van der Waals surface area (Å²) in [5, 5.41) is 4.14. The number of carbonyl (C=O) groups excluding carboxylic acids is 1. The minimum Gasteiger partial charge on any atom is -0.361 e. The van der Waals surface area contributed by atoms with Gasteiger partial charge in [0, 0.05) is 24.7 Å². The number of benzene rings is 2. The molecular weight excluding hydrogens is 272 g/mol. The van der Waals surface area contributed by atoms with E-state index in [1.807, 2.05) is 13.1 Å². The predicted molar refractivity (Wildman–Crippen MR) is 90.7 cm³/mol. The van der Waals surface area contributed by atoms with E-state index < -0.39 is 0 Å². The number of aromatic nitrogens is 1. The predicted octanol–water partition coefficient (Wildman–Crippen LogP) is 3.90. The molecular formula is C19H20N2O. The molecule has 0 spiro atoms. The largest absolute Gasteiger partial charge is 0.361 e. The van der Waals surface area contributed by atoms with Crippen LogP contribution in [0.1, 0.15) is 19.4 Å². The summed E-state index contributed by atoms with van der Waals surface area (Å²) >= 11 is 0. The summed E-state index contributed by atoms with van der Waals surface area (Å²) in [4.78, 5) is 14.3. The highest BCUT2D eigenvalue weighted by molar-refractivity contribution is 5.84. The Hall–Kier alpha value is -2.55. The second-order valence-electron chi connectivity index (χ2n) is 5.78. The molecule has 1 amide bonds. The first kappa shape index (κ1) is 14.4. The fourth-order valence-corrected chi connectivity index (χ4v) is 2.81. The molecule has 2 N–H and O–H groups in total. The van der Waals surface area contributed by atoms with Crippen molar-refractivity contribution in [3.8, 4) is 11.1 Å². The topological polar surface area (TPSA) is 44.9 Å². The Bertz CT molecular complexity index is 787. The summed E-state index contributed by atoms with van der Waals surface area (Å²) in [5.74, 6) is 0.0170. The molecule has 112 valence electrons. The Morgan fingerprint density at radius 3 is 2.55 bits per heavy atom. The third kappa shape index (κ3) is 3.19. The fraction of sp³-hybridized carbons (Fsp3) is 0.211. The van der Waals surface area contributed by atoms with Gasteiger partial charge in [-0.25, -0.2) is 0 Å². The molecule has 0 fully saturated rings. The maximum Gasteiger partial charge on any atom is 0.217 e. The molecule has 3 heteroatoms. The monoisotopic (exact) mass is 292 g/mol. The lowest BCUT2D eigenvalue weighted by Gasteiger charge is -2.12. The van der Waals surface area contributed by atoms with Crippen LogP contribution in [0.3, 0.4) is 0 Å². The first-order valence-corrected chi connectivity index (χ1v) is 7.55. The van der Waals surface area contributed by atoms with Gasteiger partial charge in [-0.3, -0.25) is 4.79 Å². The standard InChI is InChI=1S/C19H20N2O/c1-13(21-14(2)22)11-15-3-5-16(6-4-15)18-8-7-17-9-10-20-19(17)12-18/h3-10,12-13,20H,11H2,1-2H3,(H,21,22). The molecule has 1 atom stereocenters. The highest BCUT2D eigenvalue weighted by atomic mass is 16.1. The van der Waals surface area contributed by atoms with Crippen molar-refractivity contribution >= 4 is 16.8 Å². The molecule has 0 aliphatic carbocycles. The van der Waals surface area contributed by atoms with Gasteiger partial charge in [-0.1, -0.05) is 36.4 Å². The van der Waals surface area contributed by atoms with Gasteiger partial charge in [-0.2, -0.15) is 0 Å². The van der Waals surface area contributed by atoms with E-state index in [0.29, 0.717) is 0 Å². The van der Waals surface area contributed by atoms with Crippen molar-refractivity contribution in [3.05, 3.63) is 60.3 Å². The number of fused-ring (bicyclic) bond motifs is 1. The summed E-state index contributed by atoms with van der Waals surface area (Å²) in [7, 11) is 0. The van der Waals surface area contributed by atoms with Gasteiger partial charge in [0.1, 0.15) is 0 Å². The van der Waals surface area contributed by atoms with Crippen molar-refractivity contribution < 1.29 is 4.79 Å². The van der Waals surface area contributed by atoms with E-state index in [4.69, 9.17) is 0 Å². The van der Waals surface area contributed by atoms with E-state index >= 15 is 0 Å². The molecule has 0 radical (unpaired) electrons. The zero-order valence-electron chi connectivity index (χ0n) is 12.9. The number of nitrogens with one attached hydrogen (secondary N) is 2. The Kier molecular flexibility index (Phi) is 3.96. The number of aromatic amines is 1. The maximum absolute atomic E-state index is 11.1. The van der Waals surface area contributed by atoms with Gasteiger partial charge in [0.2, 0.25) is 5.91 Å². The highest BCUT2D eigenvalue weighted by Crippen LogP contribution is 2.24. The second-order valence-corrected chi connectivity index (χ2v) is 5.78. The molecule has 1 unspecified atom stereocenters. The SMILES string of the molecule is CC(=O)NC(C)Cc1ccc(-c2ccc3cc[nH]c3c2)cc1. The fourth-order valence-electron chi connectivity index (χ4n) is 2.81. The van der Waals surface area contributed by atoms with E-state index in [2.05, 4.69) is 58.8 Å². The number of hydrogen-bond acceptors (Lipinski definition) is 1.